The maximum atomic E-state index is 11.4. The lowest BCUT2D eigenvalue weighted by atomic mass is 10.2. The van der Waals surface area contributed by atoms with Gasteiger partial charge in [-0.15, -0.1) is 0 Å². The highest BCUT2D eigenvalue weighted by Gasteiger charge is 2.13. The molecule has 0 atom stereocenters. The summed E-state index contributed by atoms with van der Waals surface area (Å²) < 4.78 is 4.89. The van der Waals surface area contributed by atoms with Gasteiger partial charge in [-0.05, 0) is 17.8 Å². The number of nitrogens with one attached hydrogen (secondary N) is 2. The summed E-state index contributed by atoms with van der Waals surface area (Å²) in [5.74, 6) is 0.808. The van der Waals surface area contributed by atoms with Crippen LogP contribution in [0.5, 0.6) is 0 Å². The van der Waals surface area contributed by atoms with Crippen molar-refractivity contribution in [1.82, 2.24) is 39.3 Å². The van der Waals surface area contributed by atoms with Crippen molar-refractivity contribution < 1.29 is 9.59 Å². The van der Waals surface area contributed by atoms with Crippen LogP contribution in [0.25, 0.3) is 11.0 Å². The smallest absolute Gasteiger partial charge is 0.327 e. The molecule has 0 spiro atoms. The van der Waals surface area contributed by atoms with Crippen molar-refractivity contribution in [2.75, 3.05) is 11.5 Å². The van der Waals surface area contributed by atoms with E-state index in [0.29, 0.717) is 52.3 Å². The Morgan fingerprint density at radius 1 is 0.805 bits per heavy atom. The van der Waals surface area contributed by atoms with Crippen molar-refractivity contribution in [1.29, 1.82) is 0 Å². The Morgan fingerprint density at radius 3 is 1.80 bits per heavy atom. The Hall–Kier alpha value is -4.89. The van der Waals surface area contributed by atoms with Crippen LogP contribution >= 0.6 is 0 Å². The molecular weight excluding hydrogens is 532 g/mol. The third-order valence-corrected chi connectivity index (χ3v) is 5.31. The number of amides is 2. The van der Waals surface area contributed by atoms with Crippen LogP contribution in [0.4, 0.5) is 11.6 Å². The van der Waals surface area contributed by atoms with Crippen LogP contribution in [0.1, 0.15) is 62.3 Å². The fraction of sp³-hybridized carbons (Fsp3) is 0.480. The van der Waals surface area contributed by atoms with Gasteiger partial charge >= 0.3 is 5.69 Å². The molecule has 16 nitrogen and oxygen atoms in total. The summed E-state index contributed by atoms with van der Waals surface area (Å²) in [6.45, 7) is 14.5. The minimum absolute atomic E-state index is 0.202. The maximum Gasteiger partial charge on any atom is 0.327 e. The molecule has 4 heterocycles. The van der Waals surface area contributed by atoms with Gasteiger partial charge in [0.15, 0.2) is 11.5 Å². The first-order valence-corrected chi connectivity index (χ1v) is 13.0. The zero-order valence-corrected chi connectivity index (χ0v) is 24.2. The normalized spacial score (nSPS) is 11.0. The standard InChI is InChI=1S/C9H12N4O2.2C8H14N4O/c1-5(2)3-13-4-6-7(12-13)10-9(15)11-8(6)14;1-5(2)4-12-7(9)6(3-11-12)8(10)13;1-5(2)3-12-4-6(8(10)13)7(9)11-12/h4-5H,3H2,1-2H3,(H2,10,11,12,14,15);3,5H,4,9H2,1-2H3,(H2,10,13);4-5H,3H2,1-2H3,(H2,9,11)(H2,10,13). The summed E-state index contributed by atoms with van der Waals surface area (Å²) >= 11 is 0. The Kier molecular flexibility index (Phi) is 11.0. The molecule has 0 bridgehead atoms. The van der Waals surface area contributed by atoms with Gasteiger partial charge in [0.25, 0.3) is 17.4 Å². The van der Waals surface area contributed by atoms with Gasteiger partial charge in [-0.3, -0.25) is 33.7 Å². The number of aromatic amines is 2. The predicted octanol–water partition coefficient (Wildman–Crippen LogP) is 0.509. The molecule has 0 aromatic carbocycles. The minimum Gasteiger partial charge on any atom is -0.383 e. The highest BCUT2D eigenvalue weighted by Crippen LogP contribution is 2.12. The molecule has 4 aromatic rings. The molecule has 2 amide bonds. The molecule has 16 heteroatoms. The lowest BCUT2D eigenvalue weighted by Crippen LogP contribution is -2.21. The number of aromatic nitrogens is 8. The lowest BCUT2D eigenvalue weighted by molar-refractivity contribution is 0.0992. The van der Waals surface area contributed by atoms with Crippen LogP contribution in [0, 0.1) is 17.8 Å². The Labute approximate surface area is 236 Å². The molecule has 224 valence electrons. The summed E-state index contributed by atoms with van der Waals surface area (Å²) in [4.78, 5) is 48.6. The summed E-state index contributed by atoms with van der Waals surface area (Å²) in [7, 11) is 0. The number of anilines is 2. The molecule has 0 unspecified atom stereocenters. The van der Waals surface area contributed by atoms with E-state index in [1.807, 2.05) is 13.8 Å². The first-order chi connectivity index (χ1) is 19.1. The molecule has 4 rings (SSSR count). The van der Waals surface area contributed by atoms with E-state index in [9.17, 15) is 19.2 Å². The Balaban J connectivity index is 0.000000216. The van der Waals surface area contributed by atoms with Gasteiger partial charge in [0.2, 0.25) is 0 Å². The van der Waals surface area contributed by atoms with Crippen molar-refractivity contribution in [3.8, 4) is 0 Å². The van der Waals surface area contributed by atoms with Crippen molar-refractivity contribution in [2.45, 2.75) is 61.2 Å². The number of H-pyrrole nitrogens is 2. The van der Waals surface area contributed by atoms with E-state index in [0.717, 1.165) is 13.1 Å². The number of nitrogens with two attached hydrogens (primary N) is 4. The number of carbonyl (C=O) groups excluding carboxylic acids is 2. The maximum absolute atomic E-state index is 11.4. The zero-order valence-electron chi connectivity index (χ0n) is 24.2. The second-order valence-electron chi connectivity index (χ2n) is 10.7. The van der Waals surface area contributed by atoms with E-state index in [4.69, 9.17) is 22.9 Å². The summed E-state index contributed by atoms with van der Waals surface area (Å²) in [5, 5.41) is 12.5. The number of primary amides is 2. The van der Waals surface area contributed by atoms with E-state index >= 15 is 0 Å². The van der Waals surface area contributed by atoms with Gasteiger partial charge in [0, 0.05) is 32.0 Å². The van der Waals surface area contributed by atoms with Crippen molar-refractivity contribution in [3.63, 3.8) is 0 Å². The van der Waals surface area contributed by atoms with Gasteiger partial charge in [0.05, 0.1) is 6.20 Å². The fourth-order valence-electron chi connectivity index (χ4n) is 3.63. The van der Waals surface area contributed by atoms with Gasteiger partial charge in [-0.2, -0.15) is 15.3 Å². The SMILES string of the molecule is CC(C)Cn1cc(C(N)=O)c(N)n1.CC(C)Cn1cc2c(=O)[nH]c(=O)[nH]c2n1.CC(C)Cn1ncc(C(N)=O)c1N. The van der Waals surface area contributed by atoms with Crippen LogP contribution in [-0.4, -0.2) is 51.1 Å². The van der Waals surface area contributed by atoms with E-state index in [2.05, 4.69) is 53.0 Å². The molecule has 10 N–H and O–H groups in total. The minimum atomic E-state index is -0.535. The molecule has 0 saturated heterocycles. The summed E-state index contributed by atoms with van der Waals surface area (Å²) in [6.07, 6.45) is 4.63. The quantitative estimate of drug-likeness (QED) is 0.171. The highest BCUT2D eigenvalue weighted by atomic mass is 16.2. The fourth-order valence-corrected chi connectivity index (χ4v) is 3.63. The van der Waals surface area contributed by atoms with Gasteiger partial charge in [0.1, 0.15) is 22.3 Å². The van der Waals surface area contributed by atoms with Crippen molar-refractivity contribution in [3.05, 3.63) is 50.6 Å². The van der Waals surface area contributed by atoms with E-state index in [-0.39, 0.29) is 5.82 Å². The molecule has 0 aliphatic heterocycles. The van der Waals surface area contributed by atoms with E-state index < -0.39 is 23.1 Å². The average molecular weight is 573 g/mol. The van der Waals surface area contributed by atoms with Crippen LogP contribution in [-0.2, 0) is 19.6 Å². The molecule has 0 aliphatic carbocycles. The monoisotopic (exact) mass is 572 g/mol. The molecule has 4 aromatic heterocycles. The topological polar surface area (TPSA) is 257 Å². The van der Waals surface area contributed by atoms with Crippen LogP contribution < -0.4 is 34.2 Å². The first-order valence-electron chi connectivity index (χ1n) is 13.0. The molecule has 41 heavy (non-hydrogen) atoms. The van der Waals surface area contributed by atoms with Gasteiger partial charge < -0.3 is 22.9 Å². The average Bonchev–Trinajstić information content (AvgIpc) is 3.50. The summed E-state index contributed by atoms with van der Waals surface area (Å²) in [5.41, 5.74) is 21.3. The van der Waals surface area contributed by atoms with Gasteiger partial charge in [-0.25, -0.2) is 9.48 Å². The van der Waals surface area contributed by atoms with Crippen molar-refractivity contribution >= 4 is 34.5 Å². The molecule has 0 fully saturated rings. The van der Waals surface area contributed by atoms with Crippen LogP contribution in [0.15, 0.2) is 28.2 Å². The van der Waals surface area contributed by atoms with Crippen LogP contribution in [0.3, 0.4) is 0 Å². The number of hydrogen-bond donors (Lipinski definition) is 6. The van der Waals surface area contributed by atoms with Crippen molar-refractivity contribution in [2.24, 2.45) is 29.2 Å². The second kappa shape index (κ2) is 14.0. The number of hydrogen-bond acceptors (Lipinski definition) is 9. The number of fused-ring (bicyclic) bond motifs is 1. The number of rotatable bonds is 8. The van der Waals surface area contributed by atoms with E-state index in [1.54, 1.807) is 26.4 Å². The highest BCUT2D eigenvalue weighted by molar-refractivity contribution is 5.97. The second-order valence-corrected chi connectivity index (χ2v) is 10.7. The molecular formula is C25H40N12O4. The first kappa shape index (κ1) is 32.3. The number of nitrogens with zero attached hydrogens (tertiary/aromatic N) is 6. The number of carbonyl (C=O) groups is 2. The lowest BCUT2D eigenvalue weighted by Gasteiger charge is -2.06. The third-order valence-electron chi connectivity index (χ3n) is 5.31. The van der Waals surface area contributed by atoms with E-state index in [1.165, 1.54) is 6.20 Å². The molecule has 0 radical (unpaired) electrons. The summed E-state index contributed by atoms with van der Waals surface area (Å²) in [6, 6.07) is 0. The molecule has 0 saturated carbocycles. The number of nitrogen functional groups attached to an aromatic ring is 2. The zero-order chi connectivity index (χ0) is 31.0. The molecule has 0 aliphatic rings. The largest absolute Gasteiger partial charge is 0.383 e. The Morgan fingerprint density at radius 2 is 1.34 bits per heavy atom. The van der Waals surface area contributed by atoms with Gasteiger partial charge in [-0.1, -0.05) is 41.5 Å². The Bertz CT molecular complexity index is 1570. The van der Waals surface area contributed by atoms with Crippen LogP contribution in [0.2, 0.25) is 0 Å². The predicted molar refractivity (Wildman–Crippen MR) is 156 cm³/mol. The third kappa shape index (κ3) is 9.36.